The molecule has 0 aliphatic heterocycles. The Labute approximate surface area is 124 Å². The lowest BCUT2D eigenvalue weighted by Gasteiger charge is -2.18. The van der Waals surface area contributed by atoms with Gasteiger partial charge >= 0.3 is 0 Å². The molecule has 0 spiro atoms. The van der Waals surface area contributed by atoms with Crippen molar-refractivity contribution in [2.24, 2.45) is 0 Å². The third kappa shape index (κ3) is 5.04. The third-order valence-electron chi connectivity index (χ3n) is 3.30. The highest BCUT2D eigenvalue weighted by Crippen LogP contribution is 2.17. The van der Waals surface area contributed by atoms with E-state index in [0.29, 0.717) is 19.4 Å². The topological polar surface area (TPSA) is 67.2 Å². The van der Waals surface area contributed by atoms with E-state index in [1.165, 1.54) is 0 Å². The molecule has 21 heavy (non-hydrogen) atoms. The zero-order chi connectivity index (χ0) is 15.1. The number of carbonyl (C=O) groups is 1. The minimum absolute atomic E-state index is 0.0294. The van der Waals surface area contributed by atoms with Crippen LogP contribution in [0.3, 0.4) is 0 Å². The van der Waals surface area contributed by atoms with E-state index in [1.54, 1.807) is 10.9 Å². The molecule has 2 rings (SSSR count). The number of aromatic nitrogens is 2. The molecule has 2 atom stereocenters. The molecule has 0 aliphatic carbocycles. The van der Waals surface area contributed by atoms with Gasteiger partial charge in [-0.05, 0) is 25.0 Å². The summed E-state index contributed by atoms with van der Waals surface area (Å²) in [5.74, 6) is -0.0294. The van der Waals surface area contributed by atoms with Crippen molar-refractivity contribution in [3.05, 3.63) is 54.4 Å². The molecule has 1 aromatic heterocycles. The first-order valence-corrected chi connectivity index (χ1v) is 7.15. The van der Waals surface area contributed by atoms with Crippen molar-refractivity contribution in [1.82, 2.24) is 15.1 Å². The lowest BCUT2D eigenvalue weighted by molar-refractivity contribution is -0.122. The van der Waals surface area contributed by atoms with Crippen LogP contribution in [0.2, 0.25) is 0 Å². The quantitative estimate of drug-likeness (QED) is 0.817. The number of nitrogens with one attached hydrogen (secondary N) is 1. The Morgan fingerprint density at radius 1 is 1.33 bits per heavy atom. The van der Waals surface area contributed by atoms with E-state index in [0.717, 1.165) is 5.56 Å². The summed E-state index contributed by atoms with van der Waals surface area (Å²) in [4.78, 5) is 11.8. The number of hydrogen-bond donors (Lipinski definition) is 2. The van der Waals surface area contributed by atoms with Crippen molar-refractivity contribution in [2.75, 3.05) is 0 Å². The monoisotopic (exact) mass is 287 g/mol. The summed E-state index contributed by atoms with van der Waals surface area (Å²) in [6.45, 7) is 2.46. The van der Waals surface area contributed by atoms with Crippen LogP contribution in [0.4, 0.5) is 0 Å². The van der Waals surface area contributed by atoms with Crippen LogP contribution in [-0.4, -0.2) is 26.8 Å². The van der Waals surface area contributed by atoms with Gasteiger partial charge in [0.15, 0.2) is 0 Å². The maximum absolute atomic E-state index is 11.8. The lowest BCUT2D eigenvalue weighted by Crippen LogP contribution is -2.34. The molecule has 2 N–H and O–H groups in total. The summed E-state index contributed by atoms with van der Waals surface area (Å²) < 4.78 is 1.73. The Balaban J connectivity index is 1.73. The molecule has 0 aliphatic rings. The van der Waals surface area contributed by atoms with E-state index in [9.17, 15) is 9.90 Å². The highest BCUT2D eigenvalue weighted by atomic mass is 16.3. The summed E-state index contributed by atoms with van der Waals surface area (Å²) in [6.07, 6.45) is 3.84. The summed E-state index contributed by atoms with van der Waals surface area (Å²) in [6, 6.07) is 11.2. The summed E-state index contributed by atoms with van der Waals surface area (Å²) in [5, 5.41) is 17.1. The minimum atomic E-state index is -0.562. The molecule has 1 amide bonds. The lowest BCUT2D eigenvalue weighted by atomic mass is 10.0. The van der Waals surface area contributed by atoms with E-state index in [2.05, 4.69) is 10.4 Å². The smallest absolute Gasteiger partial charge is 0.222 e. The van der Waals surface area contributed by atoms with Crippen molar-refractivity contribution in [1.29, 1.82) is 0 Å². The fraction of sp³-hybridized carbons (Fsp3) is 0.375. The van der Waals surface area contributed by atoms with E-state index in [1.807, 2.05) is 49.5 Å². The Morgan fingerprint density at radius 3 is 2.76 bits per heavy atom. The minimum Gasteiger partial charge on any atom is -0.388 e. The van der Waals surface area contributed by atoms with Crippen LogP contribution in [0.15, 0.2) is 48.8 Å². The number of aliphatic hydroxyl groups is 1. The molecule has 0 saturated heterocycles. The number of rotatable bonds is 7. The van der Waals surface area contributed by atoms with Gasteiger partial charge < -0.3 is 10.4 Å². The molecule has 0 saturated carbocycles. The number of aryl methyl sites for hydroxylation is 1. The molecule has 1 aromatic carbocycles. The second-order valence-corrected chi connectivity index (χ2v) is 5.15. The normalized spacial score (nSPS) is 13.6. The number of benzene rings is 1. The van der Waals surface area contributed by atoms with E-state index in [4.69, 9.17) is 0 Å². The van der Waals surface area contributed by atoms with Crippen LogP contribution in [0, 0.1) is 0 Å². The van der Waals surface area contributed by atoms with Gasteiger partial charge in [-0.1, -0.05) is 30.3 Å². The van der Waals surface area contributed by atoms with Crippen molar-refractivity contribution in [3.63, 3.8) is 0 Å². The zero-order valence-electron chi connectivity index (χ0n) is 12.1. The molecule has 5 nitrogen and oxygen atoms in total. The second-order valence-electron chi connectivity index (χ2n) is 5.15. The number of nitrogens with zero attached hydrogens (tertiary/aromatic N) is 2. The predicted molar refractivity (Wildman–Crippen MR) is 80.5 cm³/mol. The first-order chi connectivity index (χ1) is 10.1. The Kier molecular flexibility index (Phi) is 5.51. The zero-order valence-corrected chi connectivity index (χ0v) is 12.1. The molecule has 1 heterocycles. The highest BCUT2D eigenvalue weighted by Gasteiger charge is 2.14. The van der Waals surface area contributed by atoms with Gasteiger partial charge in [0.1, 0.15) is 0 Å². The van der Waals surface area contributed by atoms with Crippen LogP contribution >= 0.6 is 0 Å². The standard InChI is InChI=1S/C16H21N3O2/c1-13(12-15(20)14-6-3-2-4-7-14)18-16(21)8-11-19-10-5-9-17-19/h2-7,9-10,13,15,20H,8,11-12H2,1H3,(H,18,21)/t13-,15+/m0/s1. The molecule has 0 unspecified atom stereocenters. The number of aliphatic hydroxyl groups excluding tert-OH is 1. The molecule has 112 valence electrons. The molecular weight excluding hydrogens is 266 g/mol. The van der Waals surface area contributed by atoms with Gasteiger partial charge in [0.05, 0.1) is 6.10 Å². The maximum Gasteiger partial charge on any atom is 0.222 e. The van der Waals surface area contributed by atoms with Crippen molar-refractivity contribution in [3.8, 4) is 0 Å². The van der Waals surface area contributed by atoms with Crippen molar-refractivity contribution >= 4 is 5.91 Å². The summed E-state index contributed by atoms with van der Waals surface area (Å²) in [5.41, 5.74) is 0.871. The molecule has 0 radical (unpaired) electrons. The highest BCUT2D eigenvalue weighted by molar-refractivity contribution is 5.76. The molecular formula is C16H21N3O2. The van der Waals surface area contributed by atoms with Gasteiger partial charge in [0, 0.05) is 31.4 Å². The first kappa shape index (κ1) is 15.3. The number of carbonyl (C=O) groups excluding carboxylic acids is 1. The second kappa shape index (κ2) is 7.59. The van der Waals surface area contributed by atoms with Gasteiger partial charge in [0.25, 0.3) is 0 Å². The average molecular weight is 287 g/mol. The third-order valence-corrected chi connectivity index (χ3v) is 3.30. The fourth-order valence-electron chi connectivity index (χ4n) is 2.20. The van der Waals surface area contributed by atoms with E-state index >= 15 is 0 Å². The van der Waals surface area contributed by atoms with Crippen molar-refractivity contribution < 1.29 is 9.90 Å². The summed E-state index contributed by atoms with van der Waals surface area (Å²) >= 11 is 0. The van der Waals surface area contributed by atoms with Crippen molar-refractivity contribution in [2.45, 2.75) is 38.5 Å². The van der Waals surface area contributed by atoms with Gasteiger partial charge in [0.2, 0.25) is 5.91 Å². The number of amides is 1. The van der Waals surface area contributed by atoms with Gasteiger partial charge in [-0.2, -0.15) is 5.10 Å². The fourth-order valence-corrected chi connectivity index (χ4v) is 2.20. The van der Waals surface area contributed by atoms with Crippen LogP contribution < -0.4 is 5.32 Å². The van der Waals surface area contributed by atoms with Gasteiger partial charge in [-0.25, -0.2) is 0 Å². The maximum atomic E-state index is 11.8. The van der Waals surface area contributed by atoms with Crippen LogP contribution in [0.25, 0.3) is 0 Å². The molecule has 0 fully saturated rings. The summed E-state index contributed by atoms with van der Waals surface area (Å²) in [7, 11) is 0. The van der Waals surface area contributed by atoms with E-state index < -0.39 is 6.10 Å². The number of hydrogen-bond acceptors (Lipinski definition) is 3. The SMILES string of the molecule is C[C@@H](C[C@@H](O)c1ccccc1)NC(=O)CCn1cccn1. The Bertz CT molecular complexity index is 540. The van der Waals surface area contributed by atoms with Crippen LogP contribution in [0.1, 0.15) is 31.4 Å². The van der Waals surface area contributed by atoms with Gasteiger partial charge in [-0.15, -0.1) is 0 Å². The predicted octanol–water partition coefficient (Wildman–Crippen LogP) is 1.90. The van der Waals surface area contributed by atoms with E-state index in [-0.39, 0.29) is 11.9 Å². The Morgan fingerprint density at radius 2 is 2.10 bits per heavy atom. The first-order valence-electron chi connectivity index (χ1n) is 7.15. The largest absolute Gasteiger partial charge is 0.388 e. The van der Waals surface area contributed by atoms with Crippen LogP contribution in [0.5, 0.6) is 0 Å². The Hall–Kier alpha value is -2.14. The average Bonchev–Trinajstić information content (AvgIpc) is 2.99. The molecule has 2 aromatic rings. The molecule has 0 bridgehead atoms. The van der Waals surface area contributed by atoms with Crippen LogP contribution in [-0.2, 0) is 11.3 Å². The van der Waals surface area contributed by atoms with Gasteiger partial charge in [-0.3, -0.25) is 9.48 Å². The molecule has 5 heteroatoms.